The van der Waals surface area contributed by atoms with E-state index in [1.807, 2.05) is 0 Å². The number of hydrogen-bond donors (Lipinski definition) is 3. The van der Waals surface area contributed by atoms with Crippen LogP contribution >= 0.6 is 0 Å². The van der Waals surface area contributed by atoms with Crippen molar-refractivity contribution in [1.82, 2.24) is 0 Å². The summed E-state index contributed by atoms with van der Waals surface area (Å²) in [6.07, 6.45) is 0.266. The van der Waals surface area contributed by atoms with Crippen molar-refractivity contribution in [3.63, 3.8) is 0 Å². The number of amides is 1. The van der Waals surface area contributed by atoms with Gasteiger partial charge in [0.15, 0.2) is 0 Å². The van der Waals surface area contributed by atoms with E-state index in [9.17, 15) is 14.7 Å². The number of methoxy groups -OCH3 is 1. The van der Waals surface area contributed by atoms with Crippen molar-refractivity contribution in [3.8, 4) is 5.75 Å². The highest BCUT2D eigenvalue weighted by molar-refractivity contribution is 6.05. The Morgan fingerprint density at radius 1 is 1.22 bits per heavy atom. The Morgan fingerprint density at radius 2 is 1.96 bits per heavy atom. The SMILES string of the molecule is COc1ccc2cc(C(=O)Nc3ccc(CN)cc3)c(=O)oc2c1CCO. The lowest BCUT2D eigenvalue weighted by molar-refractivity contribution is 0.102. The third-order valence-electron chi connectivity index (χ3n) is 4.24. The zero-order valence-electron chi connectivity index (χ0n) is 14.8. The van der Waals surface area contributed by atoms with Crippen LogP contribution in [-0.2, 0) is 13.0 Å². The Bertz CT molecular complexity index is 1020. The lowest BCUT2D eigenvalue weighted by Crippen LogP contribution is -2.21. The minimum absolute atomic E-state index is 0.106. The summed E-state index contributed by atoms with van der Waals surface area (Å²) in [5.41, 5.74) is 7.06. The number of benzene rings is 2. The maximum Gasteiger partial charge on any atom is 0.349 e. The van der Waals surface area contributed by atoms with Crippen molar-refractivity contribution >= 4 is 22.6 Å². The summed E-state index contributed by atoms with van der Waals surface area (Å²) in [7, 11) is 1.50. The first-order chi connectivity index (χ1) is 13.1. The van der Waals surface area contributed by atoms with Crippen LogP contribution < -0.4 is 21.4 Å². The fraction of sp³-hybridized carbons (Fsp3) is 0.200. The van der Waals surface area contributed by atoms with Crippen LogP contribution in [0, 0.1) is 0 Å². The van der Waals surface area contributed by atoms with Crippen LogP contribution in [0.1, 0.15) is 21.5 Å². The number of nitrogens with two attached hydrogens (primary N) is 1. The van der Waals surface area contributed by atoms with E-state index in [4.69, 9.17) is 14.9 Å². The van der Waals surface area contributed by atoms with Crippen LogP contribution in [0.2, 0.25) is 0 Å². The van der Waals surface area contributed by atoms with Gasteiger partial charge in [-0.25, -0.2) is 4.79 Å². The molecule has 3 aromatic rings. The van der Waals surface area contributed by atoms with Crippen LogP contribution in [0.5, 0.6) is 5.75 Å². The highest BCUT2D eigenvalue weighted by Gasteiger charge is 2.17. The fourth-order valence-corrected chi connectivity index (χ4v) is 2.84. The van der Waals surface area contributed by atoms with Gasteiger partial charge in [0, 0.05) is 36.2 Å². The molecule has 7 nitrogen and oxygen atoms in total. The van der Waals surface area contributed by atoms with Crippen LogP contribution in [-0.4, -0.2) is 24.7 Å². The fourth-order valence-electron chi connectivity index (χ4n) is 2.84. The molecule has 0 unspecified atom stereocenters. The van der Waals surface area contributed by atoms with Crippen LogP contribution in [0.25, 0.3) is 11.0 Å². The van der Waals surface area contributed by atoms with Crippen molar-refractivity contribution in [2.24, 2.45) is 5.73 Å². The molecule has 2 aromatic carbocycles. The Balaban J connectivity index is 1.98. The van der Waals surface area contributed by atoms with Crippen LogP contribution in [0.3, 0.4) is 0 Å². The second-order valence-corrected chi connectivity index (χ2v) is 5.94. The quantitative estimate of drug-likeness (QED) is 0.574. The molecule has 0 bridgehead atoms. The van der Waals surface area contributed by atoms with Crippen molar-refractivity contribution in [2.75, 3.05) is 19.0 Å². The van der Waals surface area contributed by atoms with Gasteiger partial charge in [-0.05, 0) is 35.9 Å². The number of carbonyl (C=O) groups is 1. The van der Waals surface area contributed by atoms with Crippen molar-refractivity contribution in [3.05, 3.63) is 69.6 Å². The summed E-state index contributed by atoms with van der Waals surface area (Å²) in [5, 5.41) is 12.5. The number of fused-ring (bicyclic) bond motifs is 1. The third-order valence-corrected chi connectivity index (χ3v) is 4.24. The molecule has 0 atom stereocenters. The Hall–Kier alpha value is -3.16. The molecule has 140 valence electrons. The smallest absolute Gasteiger partial charge is 0.349 e. The zero-order valence-corrected chi connectivity index (χ0v) is 14.8. The van der Waals surface area contributed by atoms with Gasteiger partial charge in [-0.2, -0.15) is 0 Å². The maximum absolute atomic E-state index is 12.5. The highest BCUT2D eigenvalue weighted by Crippen LogP contribution is 2.28. The van der Waals surface area contributed by atoms with E-state index >= 15 is 0 Å². The number of anilines is 1. The summed E-state index contributed by atoms with van der Waals surface area (Å²) in [5.74, 6) is -0.0532. The van der Waals surface area contributed by atoms with E-state index in [0.29, 0.717) is 34.5 Å². The monoisotopic (exact) mass is 368 g/mol. The van der Waals surface area contributed by atoms with E-state index in [0.717, 1.165) is 5.56 Å². The van der Waals surface area contributed by atoms with Gasteiger partial charge in [0.25, 0.3) is 5.91 Å². The number of carbonyl (C=O) groups excluding carboxylic acids is 1. The Morgan fingerprint density at radius 3 is 2.59 bits per heavy atom. The van der Waals surface area contributed by atoms with Gasteiger partial charge < -0.3 is 25.3 Å². The first kappa shape index (κ1) is 18.6. The second kappa shape index (κ2) is 8.03. The molecule has 1 heterocycles. The number of ether oxygens (including phenoxy) is 1. The van der Waals surface area contributed by atoms with Gasteiger partial charge in [-0.3, -0.25) is 4.79 Å². The van der Waals surface area contributed by atoms with E-state index in [2.05, 4.69) is 5.32 Å². The predicted octanol–water partition coefficient (Wildman–Crippen LogP) is 2.05. The van der Waals surface area contributed by atoms with Crippen molar-refractivity contribution in [1.29, 1.82) is 0 Å². The molecule has 4 N–H and O–H groups in total. The van der Waals surface area contributed by atoms with Gasteiger partial charge in [0.05, 0.1) is 7.11 Å². The van der Waals surface area contributed by atoms with Crippen LogP contribution in [0.4, 0.5) is 5.69 Å². The Kier molecular flexibility index (Phi) is 5.54. The molecule has 27 heavy (non-hydrogen) atoms. The normalized spacial score (nSPS) is 10.8. The summed E-state index contributed by atoms with van der Waals surface area (Å²) >= 11 is 0. The molecule has 1 aromatic heterocycles. The molecule has 1 amide bonds. The minimum Gasteiger partial charge on any atom is -0.496 e. The molecule has 3 rings (SSSR count). The summed E-state index contributed by atoms with van der Waals surface area (Å²) in [6.45, 7) is 0.280. The van der Waals surface area contributed by atoms with Gasteiger partial charge in [-0.15, -0.1) is 0 Å². The number of rotatable bonds is 6. The summed E-state index contributed by atoms with van der Waals surface area (Å²) < 4.78 is 10.7. The molecule has 0 aliphatic carbocycles. The average molecular weight is 368 g/mol. The van der Waals surface area contributed by atoms with Crippen LogP contribution in [0.15, 0.2) is 51.7 Å². The van der Waals surface area contributed by atoms with Gasteiger partial charge in [0.1, 0.15) is 16.9 Å². The van der Waals surface area contributed by atoms with Gasteiger partial charge in [0.2, 0.25) is 0 Å². The molecule has 0 fully saturated rings. The molecular formula is C20H20N2O5. The van der Waals surface area contributed by atoms with Gasteiger partial charge in [-0.1, -0.05) is 12.1 Å². The molecule has 0 spiro atoms. The number of nitrogens with one attached hydrogen (secondary N) is 1. The first-order valence-electron chi connectivity index (χ1n) is 8.42. The largest absolute Gasteiger partial charge is 0.496 e. The van der Waals surface area contributed by atoms with E-state index in [-0.39, 0.29) is 18.6 Å². The standard InChI is InChI=1S/C20H20N2O5/c1-26-17-7-4-13-10-16(20(25)27-18(13)15(17)8-9-23)19(24)22-14-5-2-12(11-21)3-6-14/h2-7,10,23H,8-9,11,21H2,1H3,(H,22,24). The molecule has 7 heteroatoms. The zero-order chi connectivity index (χ0) is 19.4. The maximum atomic E-state index is 12.5. The topological polar surface area (TPSA) is 115 Å². The predicted molar refractivity (Wildman–Crippen MR) is 102 cm³/mol. The minimum atomic E-state index is -0.758. The number of hydrogen-bond acceptors (Lipinski definition) is 6. The second-order valence-electron chi connectivity index (χ2n) is 5.94. The molecule has 0 saturated heterocycles. The van der Waals surface area contributed by atoms with Gasteiger partial charge >= 0.3 is 5.63 Å². The first-order valence-corrected chi connectivity index (χ1v) is 8.42. The van der Waals surface area contributed by atoms with E-state index in [1.54, 1.807) is 36.4 Å². The molecule has 0 aliphatic rings. The lowest BCUT2D eigenvalue weighted by Gasteiger charge is -2.11. The molecule has 0 radical (unpaired) electrons. The summed E-state index contributed by atoms with van der Waals surface area (Å²) in [4.78, 5) is 24.9. The van der Waals surface area contributed by atoms with E-state index in [1.165, 1.54) is 13.2 Å². The highest BCUT2D eigenvalue weighted by atomic mass is 16.5. The number of aliphatic hydroxyl groups is 1. The molecule has 0 saturated carbocycles. The molecular weight excluding hydrogens is 348 g/mol. The molecule has 0 aliphatic heterocycles. The van der Waals surface area contributed by atoms with Crippen molar-refractivity contribution in [2.45, 2.75) is 13.0 Å². The average Bonchev–Trinajstić information content (AvgIpc) is 2.68. The summed E-state index contributed by atoms with van der Waals surface area (Å²) in [6, 6.07) is 11.9. The number of aliphatic hydroxyl groups excluding tert-OH is 1. The third kappa shape index (κ3) is 3.84. The Labute approximate surface area is 155 Å². The van der Waals surface area contributed by atoms with Crippen molar-refractivity contribution < 1.29 is 19.1 Å². The van der Waals surface area contributed by atoms with E-state index < -0.39 is 11.5 Å². The lowest BCUT2D eigenvalue weighted by atomic mass is 10.1.